The molecule has 22 heavy (non-hydrogen) atoms. The highest BCUT2D eigenvalue weighted by molar-refractivity contribution is 5.97. The third-order valence-electron chi connectivity index (χ3n) is 3.42. The Morgan fingerprint density at radius 3 is 2.32 bits per heavy atom. The van der Waals surface area contributed by atoms with Gasteiger partial charge in [-0.05, 0) is 44.0 Å². The Bertz CT molecular complexity index is 590. The van der Waals surface area contributed by atoms with E-state index in [4.69, 9.17) is 5.11 Å². The number of aliphatic carboxylic acids is 1. The van der Waals surface area contributed by atoms with Gasteiger partial charge in [-0.15, -0.1) is 0 Å². The highest BCUT2D eigenvalue weighted by Gasteiger charge is 2.31. The zero-order valence-corrected chi connectivity index (χ0v) is 12.1. The van der Waals surface area contributed by atoms with Crippen LogP contribution in [0.1, 0.15) is 30.1 Å². The van der Waals surface area contributed by atoms with Gasteiger partial charge in [0.15, 0.2) is 5.60 Å². The predicted octanol–water partition coefficient (Wildman–Crippen LogP) is 0.600. The summed E-state index contributed by atoms with van der Waals surface area (Å²) in [7, 11) is 0. The number of nitrogens with one attached hydrogen (secondary N) is 2. The van der Waals surface area contributed by atoms with Crippen LogP contribution in [-0.2, 0) is 9.59 Å². The van der Waals surface area contributed by atoms with Crippen molar-refractivity contribution < 1.29 is 24.6 Å². The van der Waals surface area contributed by atoms with Crippen molar-refractivity contribution in [2.24, 2.45) is 5.92 Å². The van der Waals surface area contributed by atoms with Gasteiger partial charge in [0.25, 0.3) is 5.91 Å². The quantitative estimate of drug-likeness (QED) is 0.614. The monoisotopic (exact) mass is 306 g/mol. The molecule has 1 saturated carbocycles. The highest BCUT2D eigenvalue weighted by atomic mass is 16.4. The molecule has 7 heteroatoms. The Morgan fingerprint density at radius 2 is 1.82 bits per heavy atom. The first-order valence-electron chi connectivity index (χ1n) is 6.94. The van der Waals surface area contributed by atoms with E-state index in [-0.39, 0.29) is 11.8 Å². The van der Waals surface area contributed by atoms with Crippen molar-refractivity contribution in [3.8, 4) is 0 Å². The Hall–Kier alpha value is -2.41. The zero-order chi connectivity index (χ0) is 16.3. The summed E-state index contributed by atoms with van der Waals surface area (Å²) in [6, 6.07) is 6.25. The van der Waals surface area contributed by atoms with Crippen LogP contribution in [0, 0.1) is 5.92 Å². The van der Waals surface area contributed by atoms with Gasteiger partial charge < -0.3 is 20.8 Å². The number of rotatable bonds is 6. The van der Waals surface area contributed by atoms with Crippen LogP contribution in [0.3, 0.4) is 0 Å². The second kappa shape index (κ2) is 6.15. The molecule has 0 spiro atoms. The average Bonchev–Trinajstić information content (AvgIpc) is 3.30. The van der Waals surface area contributed by atoms with E-state index >= 15 is 0 Å². The van der Waals surface area contributed by atoms with E-state index in [0.29, 0.717) is 11.3 Å². The lowest BCUT2D eigenvalue weighted by atomic mass is 10.1. The standard InChI is InChI=1S/C15H18N2O5/c1-15(22,14(20)21)8-16-12(18)9-4-6-11(7-5-9)17-13(19)10-2-3-10/h4-7,10,22H,2-3,8H2,1H3,(H,16,18)(H,17,19)(H,20,21). The van der Waals surface area contributed by atoms with Crippen LogP contribution in [0.15, 0.2) is 24.3 Å². The number of aliphatic hydroxyl groups is 1. The van der Waals surface area contributed by atoms with Crippen molar-refractivity contribution in [1.82, 2.24) is 5.32 Å². The summed E-state index contributed by atoms with van der Waals surface area (Å²) < 4.78 is 0. The van der Waals surface area contributed by atoms with Crippen molar-refractivity contribution in [2.45, 2.75) is 25.4 Å². The number of anilines is 1. The fraction of sp³-hybridized carbons (Fsp3) is 0.400. The molecule has 118 valence electrons. The summed E-state index contributed by atoms with van der Waals surface area (Å²) in [6.07, 6.45) is 1.83. The van der Waals surface area contributed by atoms with Crippen LogP contribution in [0.5, 0.6) is 0 Å². The van der Waals surface area contributed by atoms with Gasteiger partial charge in [-0.1, -0.05) is 0 Å². The van der Waals surface area contributed by atoms with E-state index in [1.807, 2.05) is 0 Å². The molecule has 0 aromatic heterocycles. The Kier molecular flexibility index (Phi) is 4.46. The van der Waals surface area contributed by atoms with Gasteiger partial charge in [0.2, 0.25) is 5.91 Å². The number of hydrogen-bond donors (Lipinski definition) is 4. The molecule has 1 aliphatic rings. The van der Waals surface area contributed by atoms with Gasteiger partial charge in [0.05, 0.1) is 6.54 Å². The van der Waals surface area contributed by atoms with E-state index in [2.05, 4.69) is 10.6 Å². The topological polar surface area (TPSA) is 116 Å². The molecule has 1 aromatic rings. The maximum Gasteiger partial charge on any atom is 0.337 e. The van der Waals surface area contributed by atoms with E-state index in [1.54, 1.807) is 12.1 Å². The van der Waals surface area contributed by atoms with Crippen molar-refractivity contribution >= 4 is 23.5 Å². The summed E-state index contributed by atoms with van der Waals surface area (Å²) in [6.45, 7) is 0.702. The molecule has 0 heterocycles. The van der Waals surface area contributed by atoms with E-state index in [1.165, 1.54) is 12.1 Å². The SMILES string of the molecule is CC(O)(CNC(=O)c1ccc(NC(=O)C2CC2)cc1)C(=O)O. The molecule has 0 saturated heterocycles. The lowest BCUT2D eigenvalue weighted by Crippen LogP contribution is -2.46. The van der Waals surface area contributed by atoms with Crippen molar-refractivity contribution in [1.29, 1.82) is 0 Å². The third-order valence-corrected chi connectivity index (χ3v) is 3.42. The number of carbonyl (C=O) groups excluding carboxylic acids is 2. The van der Waals surface area contributed by atoms with E-state index in [0.717, 1.165) is 19.8 Å². The second-order valence-electron chi connectivity index (χ2n) is 5.60. The second-order valence-corrected chi connectivity index (χ2v) is 5.60. The van der Waals surface area contributed by atoms with Crippen LogP contribution in [-0.4, -0.2) is 40.1 Å². The average molecular weight is 306 g/mol. The van der Waals surface area contributed by atoms with Crippen LogP contribution in [0.4, 0.5) is 5.69 Å². The molecule has 1 atom stereocenters. The Labute approximate surface area is 127 Å². The Balaban J connectivity index is 1.90. The Morgan fingerprint density at radius 1 is 1.23 bits per heavy atom. The minimum absolute atomic E-state index is 0.0188. The van der Waals surface area contributed by atoms with Gasteiger partial charge in [0.1, 0.15) is 0 Å². The molecule has 2 rings (SSSR count). The number of carboxylic acids is 1. The molecule has 1 unspecified atom stereocenters. The van der Waals surface area contributed by atoms with E-state index in [9.17, 15) is 19.5 Å². The van der Waals surface area contributed by atoms with Crippen LogP contribution in [0.2, 0.25) is 0 Å². The first-order valence-corrected chi connectivity index (χ1v) is 6.94. The summed E-state index contributed by atoms with van der Waals surface area (Å²) in [5, 5.41) is 23.4. The lowest BCUT2D eigenvalue weighted by molar-refractivity contribution is -0.155. The lowest BCUT2D eigenvalue weighted by Gasteiger charge is -2.18. The number of amides is 2. The number of carboxylic acid groups (broad SMARTS) is 1. The molecule has 0 bridgehead atoms. The molecule has 0 radical (unpaired) electrons. The van der Waals surface area contributed by atoms with Gasteiger partial charge in [0, 0.05) is 17.2 Å². The predicted molar refractivity (Wildman–Crippen MR) is 78.4 cm³/mol. The molecule has 1 fully saturated rings. The summed E-state index contributed by atoms with van der Waals surface area (Å²) in [5.74, 6) is -1.83. The highest BCUT2D eigenvalue weighted by Crippen LogP contribution is 2.30. The fourth-order valence-electron chi connectivity index (χ4n) is 1.72. The maximum atomic E-state index is 11.9. The van der Waals surface area contributed by atoms with Gasteiger partial charge in [-0.2, -0.15) is 0 Å². The van der Waals surface area contributed by atoms with Gasteiger partial charge in [-0.25, -0.2) is 4.79 Å². The molecule has 0 aliphatic heterocycles. The third kappa shape index (κ3) is 4.05. The van der Waals surface area contributed by atoms with Crippen LogP contribution < -0.4 is 10.6 Å². The molecule has 2 amide bonds. The van der Waals surface area contributed by atoms with E-state index < -0.39 is 24.0 Å². The smallest absolute Gasteiger partial charge is 0.337 e. The maximum absolute atomic E-state index is 11.9. The van der Waals surface area contributed by atoms with Crippen molar-refractivity contribution in [3.05, 3.63) is 29.8 Å². The fourth-order valence-corrected chi connectivity index (χ4v) is 1.72. The molecule has 1 aromatic carbocycles. The summed E-state index contributed by atoms with van der Waals surface area (Å²) in [5.41, 5.74) is -1.11. The van der Waals surface area contributed by atoms with Crippen LogP contribution in [0.25, 0.3) is 0 Å². The van der Waals surface area contributed by atoms with Gasteiger partial charge in [-0.3, -0.25) is 9.59 Å². The summed E-state index contributed by atoms with van der Waals surface area (Å²) in [4.78, 5) is 34.2. The minimum Gasteiger partial charge on any atom is -0.479 e. The molecule has 1 aliphatic carbocycles. The minimum atomic E-state index is -2.02. The van der Waals surface area contributed by atoms with Crippen molar-refractivity contribution in [2.75, 3.05) is 11.9 Å². The molecule has 7 nitrogen and oxygen atoms in total. The molecular formula is C15H18N2O5. The first kappa shape index (κ1) is 16.0. The summed E-state index contributed by atoms with van der Waals surface area (Å²) >= 11 is 0. The van der Waals surface area contributed by atoms with Crippen molar-refractivity contribution in [3.63, 3.8) is 0 Å². The number of carbonyl (C=O) groups is 3. The van der Waals surface area contributed by atoms with Crippen LogP contribution >= 0.6 is 0 Å². The first-order chi connectivity index (χ1) is 10.3. The largest absolute Gasteiger partial charge is 0.479 e. The molecular weight excluding hydrogens is 288 g/mol. The normalized spacial score (nSPS) is 16.5. The number of benzene rings is 1. The molecule has 4 N–H and O–H groups in total. The number of hydrogen-bond acceptors (Lipinski definition) is 4. The van der Waals surface area contributed by atoms with Gasteiger partial charge >= 0.3 is 5.97 Å². The zero-order valence-electron chi connectivity index (χ0n) is 12.1.